The van der Waals surface area contributed by atoms with Gasteiger partial charge in [-0.3, -0.25) is 14.9 Å². The van der Waals surface area contributed by atoms with E-state index in [1.807, 2.05) is 0 Å². The van der Waals surface area contributed by atoms with Crippen LogP contribution in [0.1, 0.15) is 18.4 Å². The lowest BCUT2D eigenvalue weighted by molar-refractivity contribution is -0.384. The fraction of sp³-hybridized carbons (Fsp3) is 0.500. The van der Waals surface area contributed by atoms with E-state index in [0.717, 1.165) is 25.9 Å². The summed E-state index contributed by atoms with van der Waals surface area (Å²) in [5, 5.41) is 17.0. The van der Waals surface area contributed by atoms with Gasteiger partial charge in [-0.25, -0.2) is 0 Å². The number of carbonyl (C=O) groups is 1. The minimum atomic E-state index is -0.509. The summed E-state index contributed by atoms with van der Waals surface area (Å²) < 4.78 is 0. The minimum Gasteiger partial charge on any atom is -0.356 e. The molecule has 1 aromatic rings. The average Bonchev–Trinajstić information content (AvgIpc) is 2.94. The summed E-state index contributed by atoms with van der Waals surface area (Å²) in [5.74, 6) is 0.518. The Morgan fingerprint density at radius 3 is 2.86 bits per heavy atom. The lowest BCUT2D eigenvalue weighted by Gasteiger charge is -2.10. The lowest BCUT2D eigenvalue weighted by Crippen LogP contribution is -2.27. The van der Waals surface area contributed by atoms with E-state index in [0.29, 0.717) is 18.0 Å². The monoisotopic (exact) mass is 347 g/mol. The van der Waals surface area contributed by atoms with Gasteiger partial charge in [-0.2, -0.15) is 0 Å². The van der Waals surface area contributed by atoms with Crippen LogP contribution in [0.3, 0.4) is 0 Å². The van der Waals surface area contributed by atoms with E-state index in [9.17, 15) is 14.9 Å². The first-order chi connectivity index (χ1) is 10.1. The van der Waals surface area contributed by atoms with Crippen LogP contribution in [0.15, 0.2) is 18.2 Å². The van der Waals surface area contributed by atoms with Crippen LogP contribution in [0.2, 0.25) is 5.02 Å². The van der Waals surface area contributed by atoms with Crippen molar-refractivity contribution in [3.05, 3.63) is 38.9 Å². The summed E-state index contributed by atoms with van der Waals surface area (Å²) in [6.07, 6.45) is 2.26. The first-order valence-corrected chi connectivity index (χ1v) is 7.34. The Hall–Kier alpha value is -1.37. The number of carbonyl (C=O) groups excluding carboxylic acids is 1. The molecule has 1 unspecified atom stereocenters. The summed E-state index contributed by atoms with van der Waals surface area (Å²) in [6.45, 7) is 2.72. The summed E-state index contributed by atoms with van der Waals surface area (Å²) >= 11 is 5.96. The van der Waals surface area contributed by atoms with E-state index in [2.05, 4.69) is 10.6 Å². The number of non-ortho nitro benzene ring substituents is 1. The van der Waals surface area contributed by atoms with Gasteiger partial charge in [0.25, 0.3) is 5.69 Å². The smallest absolute Gasteiger partial charge is 0.270 e. The first kappa shape index (κ1) is 18.7. The van der Waals surface area contributed by atoms with Gasteiger partial charge in [0.15, 0.2) is 0 Å². The Morgan fingerprint density at radius 2 is 2.27 bits per heavy atom. The van der Waals surface area contributed by atoms with Crippen molar-refractivity contribution in [1.29, 1.82) is 0 Å². The van der Waals surface area contributed by atoms with E-state index in [-0.39, 0.29) is 35.4 Å². The van der Waals surface area contributed by atoms with Crippen molar-refractivity contribution in [2.45, 2.75) is 19.3 Å². The number of amides is 1. The van der Waals surface area contributed by atoms with E-state index in [1.165, 1.54) is 18.2 Å². The number of benzene rings is 1. The fourth-order valence-corrected chi connectivity index (χ4v) is 2.65. The minimum absolute atomic E-state index is 0. The third-order valence-electron chi connectivity index (χ3n) is 3.64. The SMILES string of the molecule is Cl.O=C(Cc1ccc([N+](=O)[O-])cc1Cl)NCCC1CCNC1. The van der Waals surface area contributed by atoms with Crippen LogP contribution in [-0.4, -0.2) is 30.5 Å². The molecule has 0 radical (unpaired) electrons. The van der Waals surface area contributed by atoms with Crippen LogP contribution in [-0.2, 0) is 11.2 Å². The summed E-state index contributed by atoms with van der Waals surface area (Å²) in [6, 6.07) is 4.16. The first-order valence-electron chi connectivity index (χ1n) is 6.96. The molecular weight excluding hydrogens is 329 g/mol. The lowest BCUT2D eigenvalue weighted by atomic mass is 10.1. The maximum absolute atomic E-state index is 11.8. The molecule has 1 saturated heterocycles. The number of halogens is 2. The molecule has 1 heterocycles. The third kappa shape index (κ3) is 5.44. The molecule has 2 rings (SSSR count). The molecule has 0 saturated carbocycles. The van der Waals surface area contributed by atoms with Gasteiger partial charge in [-0.1, -0.05) is 17.7 Å². The van der Waals surface area contributed by atoms with Crippen molar-refractivity contribution in [1.82, 2.24) is 10.6 Å². The molecule has 8 heteroatoms. The highest BCUT2D eigenvalue weighted by atomic mass is 35.5. The van der Waals surface area contributed by atoms with E-state index >= 15 is 0 Å². The second kappa shape index (κ2) is 8.92. The number of hydrogen-bond acceptors (Lipinski definition) is 4. The van der Waals surface area contributed by atoms with E-state index < -0.39 is 4.92 Å². The summed E-state index contributed by atoms with van der Waals surface area (Å²) in [7, 11) is 0. The number of hydrogen-bond donors (Lipinski definition) is 2. The van der Waals surface area contributed by atoms with E-state index in [4.69, 9.17) is 11.6 Å². The molecule has 0 aliphatic carbocycles. The fourth-order valence-electron chi connectivity index (χ4n) is 2.41. The standard InChI is InChI=1S/C14H18ClN3O3.ClH/c15-13-8-12(18(20)21)2-1-11(13)7-14(19)17-6-4-10-3-5-16-9-10;/h1-2,8,10,16H,3-7,9H2,(H,17,19);1H. The number of nitrogens with one attached hydrogen (secondary N) is 2. The Labute approximate surface area is 140 Å². The second-order valence-electron chi connectivity index (χ2n) is 5.21. The van der Waals surface area contributed by atoms with Crippen molar-refractivity contribution >= 4 is 35.6 Å². The van der Waals surface area contributed by atoms with Gasteiger partial charge in [-0.15, -0.1) is 12.4 Å². The molecular formula is C14H19Cl2N3O3. The zero-order valence-corrected chi connectivity index (χ0v) is 13.6. The quantitative estimate of drug-likeness (QED) is 0.610. The molecule has 1 amide bonds. The molecule has 6 nitrogen and oxygen atoms in total. The number of nitrogens with zero attached hydrogens (tertiary/aromatic N) is 1. The van der Waals surface area contributed by atoms with Crippen LogP contribution in [0, 0.1) is 16.0 Å². The third-order valence-corrected chi connectivity index (χ3v) is 3.99. The van der Waals surface area contributed by atoms with Crippen molar-refractivity contribution in [2.24, 2.45) is 5.92 Å². The van der Waals surface area contributed by atoms with Crippen LogP contribution in [0.5, 0.6) is 0 Å². The predicted molar refractivity (Wildman–Crippen MR) is 87.7 cm³/mol. The number of nitro benzene ring substituents is 1. The molecule has 1 aromatic carbocycles. The molecule has 0 spiro atoms. The van der Waals surface area contributed by atoms with Gasteiger partial charge in [0.1, 0.15) is 0 Å². The molecule has 1 atom stereocenters. The molecule has 1 aliphatic heterocycles. The second-order valence-corrected chi connectivity index (χ2v) is 5.61. The molecule has 0 bridgehead atoms. The zero-order valence-electron chi connectivity index (χ0n) is 12.0. The van der Waals surface area contributed by atoms with Gasteiger partial charge < -0.3 is 10.6 Å². The van der Waals surface area contributed by atoms with Gasteiger partial charge in [0.2, 0.25) is 5.91 Å². The Bertz CT molecular complexity index is 534. The predicted octanol–water partition coefficient (Wildman–Crippen LogP) is 2.33. The topological polar surface area (TPSA) is 84.3 Å². The Kier molecular flexibility index (Phi) is 7.58. The number of nitro groups is 1. The van der Waals surface area contributed by atoms with Gasteiger partial charge in [-0.05, 0) is 37.4 Å². The highest BCUT2D eigenvalue weighted by Crippen LogP contribution is 2.22. The molecule has 0 aromatic heterocycles. The highest BCUT2D eigenvalue weighted by molar-refractivity contribution is 6.31. The molecule has 1 fully saturated rings. The normalized spacial score (nSPS) is 16.9. The van der Waals surface area contributed by atoms with Crippen LogP contribution < -0.4 is 10.6 Å². The van der Waals surface area contributed by atoms with Crippen LogP contribution in [0.25, 0.3) is 0 Å². The van der Waals surface area contributed by atoms with Crippen molar-refractivity contribution in [3.8, 4) is 0 Å². The van der Waals surface area contributed by atoms with Gasteiger partial charge in [0.05, 0.1) is 16.4 Å². The van der Waals surface area contributed by atoms with Crippen LogP contribution >= 0.6 is 24.0 Å². The molecule has 1 aliphatic rings. The largest absolute Gasteiger partial charge is 0.356 e. The molecule has 22 heavy (non-hydrogen) atoms. The Morgan fingerprint density at radius 1 is 1.50 bits per heavy atom. The molecule has 2 N–H and O–H groups in total. The Balaban J connectivity index is 0.00000242. The summed E-state index contributed by atoms with van der Waals surface area (Å²) in [5.41, 5.74) is 0.528. The maximum Gasteiger partial charge on any atom is 0.270 e. The van der Waals surface area contributed by atoms with Crippen molar-refractivity contribution in [3.63, 3.8) is 0 Å². The number of rotatable bonds is 6. The van der Waals surface area contributed by atoms with Gasteiger partial charge >= 0.3 is 0 Å². The zero-order chi connectivity index (χ0) is 15.2. The average molecular weight is 348 g/mol. The highest BCUT2D eigenvalue weighted by Gasteiger charge is 2.15. The van der Waals surface area contributed by atoms with Crippen molar-refractivity contribution in [2.75, 3.05) is 19.6 Å². The molecule has 122 valence electrons. The van der Waals surface area contributed by atoms with E-state index in [1.54, 1.807) is 0 Å². The maximum atomic E-state index is 11.8. The van der Waals surface area contributed by atoms with Gasteiger partial charge in [0, 0.05) is 18.7 Å². The van der Waals surface area contributed by atoms with Crippen molar-refractivity contribution < 1.29 is 9.72 Å². The summed E-state index contributed by atoms with van der Waals surface area (Å²) in [4.78, 5) is 21.9. The van der Waals surface area contributed by atoms with Crippen LogP contribution in [0.4, 0.5) is 5.69 Å².